The van der Waals surface area contributed by atoms with Gasteiger partial charge in [-0.1, -0.05) is 65.1 Å². The van der Waals surface area contributed by atoms with Crippen LogP contribution in [0, 0.1) is 0 Å². The lowest BCUT2D eigenvalue weighted by Crippen LogP contribution is -1.98. The van der Waals surface area contributed by atoms with Gasteiger partial charge in [0.25, 0.3) is 0 Å². The lowest BCUT2D eigenvalue weighted by atomic mass is 10.1. The van der Waals surface area contributed by atoms with E-state index in [1.165, 1.54) is 0 Å². The third kappa shape index (κ3) is 2.83. The summed E-state index contributed by atoms with van der Waals surface area (Å²) in [6.07, 6.45) is 1.85. The second kappa shape index (κ2) is 6.78. The summed E-state index contributed by atoms with van der Waals surface area (Å²) in [4.78, 5) is 4.62. The van der Waals surface area contributed by atoms with Crippen molar-refractivity contribution in [1.29, 1.82) is 0 Å². The minimum Gasteiger partial charge on any atom is -0.255 e. The first-order valence-corrected chi connectivity index (χ1v) is 9.73. The molecule has 2 aromatic heterocycles. The maximum absolute atomic E-state index is 6.51. The van der Waals surface area contributed by atoms with Crippen LogP contribution in [0.1, 0.15) is 0 Å². The highest BCUT2D eigenvalue weighted by Crippen LogP contribution is 2.36. The molecule has 0 aliphatic rings. The predicted molar refractivity (Wildman–Crippen MR) is 117 cm³/mol. The van der Waals surface area contributed by atoms with Crippen LogP contribution in [0.4, 0.5) is 0 Å². The van der Waals surface area contributed by atoms with Crippen molar-refractivity contribution >= 4 is 56.6 Å². The Morgan fingerprint density at radius 3 is 2.32 bits per heavy atom. The Morgan fingerprint density at radius 2 is 1.50 bits per heavy atom. The normalized spacial score (nSPS) is 11.4. The molecule has 0 atom stereocenters. The zero-order valence-electron chi connectivity index (χ0n) is 14.4. The van der Waals surface area contributed by atoms with Gasteiger partial charge in [-0.15, -0.1) is 0 Å². The molecule has 0 saturated carbocycles. The highest BCUT2D eigenvalue weighted by molar-refractivity contribution is 6.34. The molecule has 0 bridgehead atoms. The number of rotatable bonds is 2. The minimum absolute atomic E-state index is 0.567. The van der Waals surface area contributed by atoms with E-state index >= 15 is 0 Å². The molecule has 0 fully saturated rings. The van der Waals surface area contributed by atoms with Crippen LogP contribution in [-0.2, 0) is 0 Å². The van der Waals surface area contributed by atoms with Gasteiger partial charge in [-0.05, 0) is 36.4 Å². The molecule has 3 nitrogen and oxygen atoms in total. The number of benzene rings is 3. The fraction of sp³-hybridized carbons (Fsp3) is 0. The van der Waals surface area contributed by atoms with E-state index in [2.05, 4.69) is 4.98 Å². The predicted octanol–water partition coefficient (Wildman–Crippen LogP) is 7.20. The Kier molecular flexibility index (Phi) is 4.24. The molecule has 0 radical (unpaired) electrons. The van der Waals surface area contributed by atoms with Crippen LogP contribution in [0.25, 0.3) is 38.8 Å². The highest BCUT2D eigenvalue weighted by Gasteiger charge is 2.18. The van der Waals surface area contributed by atoms with E-state index in [0.717, 1.165) is 38.8 Å². The lowest BCUT2D eigenvalue weighted by Gasteiger charge is -2.08. The molecule has 0 spiro atoms. The molecule has 3 aromatic carbocycles. The number of nitrogens with zero attached hydrogens (tertiary/aromatic N) is 3. The smallest absolute Gasteiger partial charge is 0.102 e. The standard InChI is InChI=1S/C22H12Cl3N3/c23-14-7-5-13(6-8-14)21-17-12-26-19-4-2-1-3-16(19)22(17)28(27-21)20-11-15(24)9-10-18(20)25/h1-12H. The van der Waals surface area contributed by atoms with Crippen LogP contribution in [0.5, 0.6) is 0 Å². The van der Waals surface area contributed by atoms with Crippen LogP contribution < -0.4 is 0 Å². The van der Waals surface area contributed by atoms with Crippen LogP contribution in [0.2, 0.25) is 15.1 Å². The number of fused-ring (bicyclic) bond motifs is 3. The van der Waals surface area contributed by atoms with Crippen LogP contribution >= 0.6 is 34.8 Å². The highest BCUT2D eigenvalue weighted by atomic mass is 35.5. The molecular weight excluding hydrogens is 413 g/mol. The third-order valence-corrected chi connectivity index (χ3v) is 5.47. The van der Waals surface area contributed by atoms with Crippen molar-refractivity contribution in [2.45, 2.75) is 0 Å². The van der Waals surface area contributed by atoms with Gasteiger partial charge in [-0.25, -0.2) is 4.68 Å². The van der Waals surface area contributed by atoms with Crippen LogP contribution in [0.3, 0.4) is 0 Å². The maximum atomic E-state index is 6.51. The van der Waals surface area contributed by atoms with E-state index in [9.17, 15) is 0 Å². The number of para-hydroxylation sites is 1. The molecule has 0 aliphatic heterocycles. The van der Waals surface area contributed by atoms with Gasteiger partial charge in [-0.3, -0.25) is 4.98 Å². The van der Waals surface area contributed by atoms with Crippen LogP contribution in [0.15, 0.2) is 72.9 Å². The van der Waals surface area contributed by atoms with Gasteiger partial charge in [0.2, 0.25) is 0 Å². The quantitative estimate of drug-likeness (QED) is 0.300. The second-order valence-electron chi connectivity index (χ2n) is 6.40. The molecule has 0 aliphatic carbocycles. The zero-order chi connectivity index (χ0) is 19.3. The van der Waals surface area contributed by atoms with E-state index < -0.39 is 0 Å². The molecule has 28 heavy (non-hydrogen) atoms. The Hall–Kier alpha value is -2.59. The summed E-state index contributed by atoms with van der Waals surface area (Å²) >= 11 is 18.8. The topological polar surface area (TPSA) is 30.7 Å². The summed E-state index contributed by atoms with van der Waals surface area (Å²) in [7, 11) is 0. The van der Waals surface area contributed by atoms with Crippen LogP contribution in [-0.4, -0.2) is 14.8 Å². The SMILES string of the molecule is Clc1ccc(-c2nn(-c3cc(Cl)ccc3Cl)c3c2cnc2ccccc23)cc1. The molecular formula is C22H12Cl3N3. The van der Waals surface area contributed by atoms with Gasteiger partial charge in [-0.2, -0.15) is 5.10 Å². The lowest BCUT2D eigenvalue weighted by molar-refractivity contribution is 0.918. The summed E-state index contributed by atoms with van der Waals surface area (Å²) in [5.41, 5.74) is 4.29. The molecule has 2 heterocycles. The molecule has 0 amide bonds. The number of halogens is 3. The number of pyridine rings is 1. The Labute approximate surface area is 176 Å². The molecule has 136 valence electrons. The van der Waals surface area contributed by atoms with Crippen molar-refractivity contribution in [3.63, 3.8) is 0 Å². The van der Waals surface area contributed by atoms with Crippen molar-refractivity contribution in [2.75, 3.05) is 0 Å². The number of hydrogen-bond acceptors (Lipinski definition) is 2. The summed E-state index contributed by atoms with van der Waals surface area (Å²) in [6, 6.07) is 20.9. The molecule has 6 heteroatoms. The molecule has 0 saturated heterocycles. The largest absolute Gasteiger partial charge is 0.255 e. The van der Waals surface area contributed by atoms with E-state index in [1.807, 2.05) is 65.5 Å². The Morgan fingerprint density at radius 1 is 0.750 bits per heavy atom. The second-order valence-corrected chi connectivity index (χ2v) is 7.68. The van der Waals surface area contributed by atoms with Gasteiger partial charge in [0, 0.05) is 32.6 Å². The van der Waals surface area contributed by atoms with Gasteiger partial charge in [0.05, 0.1) is 21.7 Å². The van der Waals surface area contributed by atoms with Gasteiger partial charge < -0.3 is 0 Å². The third-order valence-electron chi connectivity index (χ3n) is 4.67. The van der Waals surface area contributed by atoms with Gasteiger partial charge in [0.15, 0.2) is 0 Å². The van der Waals surface area contributed by atoms with Crippen molar-refractivity contribution < 1.29 is 0 Å². The molecule has 0 unspecified atom stereocenters. The summed E-state index contributed by atoms with van der Waals surface area (Å²) < 4.78 is 1.84. The average Bonchev–Trinajstić information content (AvgIpc) is 3.10. The van der Waals surface area contributed by atoms with Gasteiger partial charge in [0.1, 0.15) is 5.69 Å². The zero-order valence-corrected chi connectivity index (χ0v) is 16.7. The Balaban J connectivity index is 1.92. The van der Waals surface area contributed by atoms with Crippen molar-refractivity contribution in [1.82, 2.24) is 14.8 Å². The molecule has 5 aromatic rings. The first-order chi connectivity index (χ1) is 13.6. The van der Waals surface area contributed by atoms with Gasteiger partial charge >= 0.3 is 0 Å². The van der Waals surface area contributed by atoms with Crippen molar-refractivity contribution in [3.05, 3.63) is 88.0 Å². The minimum atomic E-state index is 0.567. The van der Waals surface area contributed by atoms with E-state index in [-0.39, 0.29) is 0 Å². The van der Waals surface area contributed by atoms with E-state index in [1.54, 1.807) is 12.1 Å². The van der Waals surface area contributed by atoms with E-state index in [4.69, 9.17) is 39.9 Å². The van der Waals surface area contributed by atoms with E-state index in [0.29, 0.717) is 15.1 Å². The Bertz CT molecular complexity index is 1340. The first-order valence-electron chi connectivity index (χ1n) is 8.59. The number of aromatic nitrogens is 3. The number of hydrogen-bond donors (Lipinski definition) is 0. The molecule has 0 N–H and O–H groups in total. The summed E-state index contributed by atoms with van der Waals surface area (Å²) in [5.74, 6) is 0. The first kappa shape index (κ1) is 17.5. The monoisotopic (exact) mass is 423 g/mol. The fourth-order valence-corrected chi connectivity index (χ4v) is 3.87. The molecule has 5 rings (SSSR count). The summed E-state index contributed by atoms with van der Waals surface area (Å²) in [5, 5.41) is 8.65. The summed E-state index contributed by atoms with van der Waals surface area (Å²) in [6.45, 7) is 0. The van der Waals surface area contributed by atoms with Crippen molar-refractivity contribution in [3.8, 4) is 16.9 Å². The maximum Gasteiger partial charge on any atom is 0.102 e. The fourth-order valence-electron chi connectivity index (χ4n) is 3.38. The average molecular weight is 425 g/mol. The van der Waals surface area contributed by atoms with Crippen molar-refractivity contribution in [2.24, 2.45) is 0 Å².